The summed E-state index contributed by atoms with van der Waals surface area (Å²) in [6.07, 6.45) is 1.41. The summed E-state index contributed by atoms with van der Waals surface area (Å²) < 4.78 is 0. The highest BCUT2D eigenvalue weighted by molar-refractivity contribution is 5.74. The molecule has 0 amide bonds. The van der Waals surface area contributed by atoms with Crippen molar-refractivity contribution in [3.8, 4) is 0 Å². The molecule has 0 radical (unpaired) electrons. The number of carbonyl (C=O) groups is 4. The number of nitrogens with two attached hydrogens (primary N) is 1. The Morgan fingerprint density at radius 3 is 1.89 bits per heavy atom. The molecule has 0 heterocycles. The van der Waals surface area contributed by atoms with E-state index in [-0.39, 0.29) is 19.3 Å². The summed E-state index contributed by atoms with van der Waals surface area (Å²) in [5.74, 6) is -3.04. The van der Waals surface area contributed by atoms with Gasteiger partial charge in [-0.3, -0.25) is 14.4 Å². The zero-order valence-corrected chi connectivity index (χ0v) is 9.74. The SMILES string of the molecule is NC(CCC(=O)O)C(=O)O.O=CCCCC(=O)O. The van der Waals surface area contributed by atoms with Gasteiger partial charge in [-0.1, -0.05) is 0 Å². The van der Waals surface area contributed by atoms with Gasteiger partial charge in [-0.05, 0) is 12.8 Å². The highest BCUT2D eigenvalue weighted by Crippen LogP contribution is 1.93. The van der Waals surface area contributed by atoms with Crippen LogP contribution in [0.25, 0.3) is 0 Å². The Bertz CT molecular complexity index is 290. The molecule has 5 N–H and O–H groups in total. The number of hydrogen-bond donors (Lipinski definition) is 4. The van der Waals surface area contributed by atoms with Crippen LogP contribution in [-0.2, 0) is 19.2 Å². The van der Waals surface area contributed by atoms with E-state index < -0.39 is 23.9 Å². The van der Waals surface area contributed by atoms with E-state index in [0.29, 0.717) is 12.8 Å². The van der Waals surface area contributed by atoms with E-state index in [0.717, 1.165) is 6.29 Å². The number of rotatable bonds is 8. The summed E-state index contributed by atoms with van der Waals surface area (Å²) in [4.78, 5) is 39.2. The molecule has 0 fully saturated rings. The van der Waals surface area contributed by atoms with Gasteiger partial charge >= 0.3 is 17.9 Å². The molecule has 18 heavy (non-hydrogen) atoms. The smallest absolute Gasteiger partial charge is 0.320 e. The standard InChI is InChI=1S/C5H9NO4.C5H8O3/c6-3(5(9)10)1-2-4(7)8;6-4-2-1-3-5(7)8/h3H,1-2,6H2,(H,7,8)(H,9,10);4H,1-3H2,(H,7,8). The lowest BCUT2D eigenvalue weighted by molar-refractivity contribution is -0.140. The average Bonchev–Trinajstić information content (AvgIpc) is 2.26. The maximum absolute atomic E-state index is 9.99. The van der Waals surface area contributed by atoms with Crippen LogP contribution in [0.1, 0.15) is 32.1 Å². The van der Waals surface area contributed by atoms with Gasteiger partial charge in [-0.25, -0.2) is 0 Å². The van der Waals surface area contributed by atoms with E-state index >= 15 is 0 Å². The first-order valence-corrected chi connectivity index (χ1v) is 5.16. The second-order valence-electron chi connectivity index (χ2n) is 3.33. The third-order valence-corrected chi connectivity index (χ3v) is 1.70. The minimum Gasteiger partial charge on any atom is -0.481 e. The summed E-state index contributed by atoms with van der Waals surface area (Å²) in [6, 6.07) is -1.06. The lowest BCUT2D eigenvalue weighted by Crippen LogP contribution is -2.30. The van der Waals surface area contributed by atoms with E-state index in [2.05, 4.69) is 0 Å². The zero-order valence-electron chi connectivity index (χ0n) is 9.74. The van der Waals surface area contributed by atoms with Crippen LogP contribution in [0.2, 0.25) is 0 Å². The average molecular weight is 263 g/mol. The monoisotopic (exact) mass is 263 g/mol. The van der Waals surface area contributed by atoms with Crippen LogP contribution in [0.15, 0.2) is 0 Å². The summed E-state index contributed by atoms with van der Waals surface area (Å²) in [7, 11) is 0. The van der Waals surface area contributed by atoms with Crippen molar-refractivity contribution < 1.29 is 34.5 Å². The third kappa shape index (κ3) is 16.5. The van der Waals surface area contributed by atoms with Crippen LogP contribution < -0.4 is 5.73 Å². The Morgan fingerprint density at radius 1 is 1.06 bits per heavy atom. The number of aliphatic carboxylic acids is 3. The van der Waals surface area contributed by atoms with Gasteiger partial charge in [0.2, 0.25) is 0 Å². The van der Waals surface area contributed by atoms with E-state index in [4.69, 9.17) is 21.1 Å². The molecule has 0 bridgehead atoms. The lowest BCUT2D eigenvalue weighted by atomic mass is 10.2. The van der Waals surface area contributed by atoms with Gasteiger partial charge in [0.15, 0.2) is 0 Å². The number of aldehydes is 1. The molecule has 0 spiro atoms. The Hall–Kier alpha value is -1.96. The molecular formula is C10H17NO7. The van der Waals surface area contributed by atoms with E-state index in [9.17, 15) is 19.2 Å². The molecule has 0 rings (SSSR count). The first kappa shape index (κ1) is 18.4. The Balaban J connectivity index is 0. The highest BCUT2D eigenvalue weighted by Gasteiger charge is 2.12. The highest BCUT2D eigenvalue weighted by atomic mass is 16.4. The number of carboxylic acid groups (broad SMARTS) is 3. The van der Waals surface area contributed by atoms with Gasteiger partial charge < -0.3 is 25.8 Å². The van der Waals surface area contributed by atoms with Crippen molar-refractivity contribution in [1.29, 1.82) is 0 Å². The Kier molecular flexibility index (Phi) is 11.8. The van der Waals surface area contributed by atoms with Gasteiger partial charge in [-0.15, -0.1) is 0 Å². The number of carbonyl (C=O) groups excluding carboxylic acids is 1. The molecule has 0 aromatic carbocycles. The van der Waals surface area contributed by atoms with Gasteiger partial charge in [0.05, 0.1) is 0 Å². The summed E-state index contributed by atoms with van der Waals surface area (Å²) in [5.41, 5.74) is 5.00. The zero-order chi connectivity index (χ0) is 14.6. The summed E-state index contributed by atoms with van der Waals surface area (Å²) >= 11 is 0. The van der Waals surface area contributed by atoms with Crippen molar-refractivity contribution in [2.45, 2.75) is 38.1 Å². The topological polar surface area (TPSA) is 155 Å². The van der Waals surface area contributed by atoms with Crippen LogP contribution in [0, 0.1) is 0 Å². The predicted molar refractivity (Wildman–Crippen MR) is 60.0 cm³/mol. The molecule has 0 aromatic heterocycles. The molecule has 0 aliphatic carbocycles. The molecule has 1 unspecified atom stereocenters. The quantitative estimate of drug-likeness (QED) is 0.343. The molecule has 0 aromatic rings. The Morgan fingerprint density at radius 2 is 1.56 bits per heavy atom. The molecule has 0 saturated carbocycles. The van der Waals surface area contributed by atoms with Crippen LogP contribution in [-0.4, -0.2) is 45.6 Å². The largest absolute Gasteiger partial charge is 0.481 e. The van der Waals surface area contributed by atoms with Crippen LogP contribution in [0.5, 0.6) is 0 Å². The minimum absolute atomic E-state index is 0.0231. The Labute approximate surface area is 103 Å². The lowest BCUT2D eigenvalue weighted by Gasteiger charge is -2.01. The van der Waals surface area contributed by atoms with Crippen molar-refractivity contribution in [2.24, 2.45) is 5.73 Å². The first-order chi connectivity index (χ1) is 8.31. The summed E-state index contributed by atoms with van der Waals surface area (Å²) in [6.45, 7) is 0. The second-order valence-corrected chi connectivity index (χ2v) is 3.33. The maximum Gasteiger partial charge on any atom is 0.320 e. The van der Waals surface area contributed by atoms with Crippen molar-refractivity contribution in [2.75, 3.05) is 0 Å². The maximum atomic E-state index is 9.99. The molecule has 0 saturated heterocycles. The molecule has 104 valence electrons. The van der Waals surface area contributed by atoms with Crippen molar-refractivity contribution in [3.63, 3.8) is 0 Å². The van der Waals surface area contributed by atoms with Crippen LogP contribution in [0.4, 0.5) is 0 Å². The van der Waals surface area contributed by atoms with E-state index in [1.54, 1.807) is 0 Å². The van der Waals surface area contributed by atoms with Gasteiger partial charge in [-0.2, -0.15) is 0 Å². The normalized spacial score (nSPS) is 10.7. The van der Waals surface area contributed by atoms with Gasteiger partial charge in [0.25, 0.3) is 0 Å². The third-order valence-electron chi connectivity index (χ3n) is 1.70. The second kappa shape index (κ2) is 11.5. The molecule has 8 nitrogen and oxygen atoms in total. The molecule has 1 atom stereocenters. The molecule has 0 aliphatic rings. The van der Waals surface area contributed by atoms with Crippen molar-refractivity contribution in [1.82, 2.24) is 0 Å². The van der Waals surface area contributed by atoms with E-state index in [1.165, 1.54) is 0 Å². The van der Waals surface area contributed by atoms with Crippen LogP contribution >= 0.6 is 0 Å². The fourth-order valence-electron chi connectivity index (χ4n) is 0.739. The predicted octanol–water partition coefficient (Wildman–Crippen LogP) is -0.297. The van der Waals surface area contributed by atoms with Gasteiger partial charge in [0.1, 0.15) is 12.3 Å². The van der Waals surface area contributed by atoms with Gasteiger partial charge in [0, 0.05) is 19.3 Å². The number of unbranched alkanes of at least 4 members (excludes halogenated alkanes) is 1. The van der Waals surface area contributed by atoms with Crippen molar-refractivity contribution >= 4 is 24.2 Å². The summed E-state index contributed by atoms with van der Waals surface area (Å²) in [5, 5.41) is 24.3. The first-order valence-electron chi connectivity index (χ1n) is 5.16. The molecule has 0 aliphatic heterocycles. The fraction of sp³-hybridized carbons (Fsp3) is 0.600. The molecular weight excluding hydrogens is 246 g/mol. The van der Waals surface area contributed by atoms with Crippen LogP contribution in [0.3, 0.4) is 0 Å². The number of carboxylic acids is 3. The molecule has 8 heteroatoms. The fourth-order valence-corrected chi connectivity index (χ4v) is 0.739. The number of hydrogen-bond acceptors (Lipinski definition) is 5. The van der Waals surface area contributed by atoms with Crippen molar-refractivity contribution in [3.05, 3.63) is 0 Å². The minimum atomic E-state index is -1.17. The van der Waals surface area contributed by atoms with E-state index in [1.807, 2.05) is 0 Å².